The van der Waals surface area contributed by atoms with Crippen LogP contribution in [0.15, 0.2) is 60.2 Å². The molecule has 0 spiro atoms. The molecule has 2 aromatic carbocycles. The third-order valence-corrected chi connectivity index (χ3v) is 3.58. The fraction of sp³-hybridized carbons (Fsp3) is 0.105. The van der Waals surface area contributed by atoms with Gasteiger partial charge in [-0.05, 0) is 44.2 Å². The summed E-state index contributed by atoms with van der Waals surface area (Å²) in [5, 5.41) is 15.8. The van der Waals surface area contributed by atoms with E-state index >= 15 is 0 Å². The van der Waals surface area contributed by atoms with Gasteiger partial charge in [0.2, 0.25) is 5.91 Å². The maximum atomic E-state index is 12.1. The zero-order valence-corrected chi connectivity index (χ0v) is 14.7. The summed E-state index contributed by atoms with van der Waals surface area (Å²) in [6, 6.07) is 11.8. The second-order valence-electron chi connectivity index (χ2n) is 5.71. The summed E-state index contributed by atoms with van der Waals surface area (Å²) >= 11 is 0. The molecule has 0 saturated carbocycles. The molecule has 0 atom stereocenters. The number of anilines is 2. The zero-order chi connectivity index (χ0) is 20.0. The van der Waals surface area contributed by atoms with E-state index in [4.69, 9.17) is 0 Å². The maximum Gasteiger partial charge on any atom is 0.271 e. The fourth-order valence-electron chi connectivity index (χ4n) is 2.16. The van der Waals surface area contributed by atoms with Gasteiger partial charge >= 0.3 is 0 Å². The summed E-state index contributed by atoms with van der Waals surface area (Å²) in [6.07, 6.45) is 1.12. The Labute approximate surface area is 155 Å². The predicted molar refractivity (Wildman–Crippen MR) is 101 cm³/mol. The molecule has 0 saturated heterocycles. The molecule has 0 unspecified atom stereocenters. The number of amides is 2. The van der Waals surface area contributed by atoms with Crippen LogP contribution in [0.4, 0.5) is 17.1 Å². The van der Waals surface area contributed by atoms with Crippen LogP contribution in [-0.2, 0) is 9.59 Å². The summed E-state index contributed by atoms with van der Waals surface area (Å²) in [5.74, 6) is -1.16. The van der Waals surface area contributed by atoms with E-state index in [2.05, 4.69) is 10.6 Å². The number of nitro groups is 1. The van der Waals surface area contributed by atoms with E-state index < -0.39 is 16.7 Å². The first-order chi connectivity index (χ1) is 12.8. The molecule has 0 heterocycles. The Hall–Kier alpha value is -3.81. The zero-order valence-electron chi connectivity index (χ0n) is 14.7. The molecular weight excluding hydrogens is 350 g/mol. The van der Waals surface area contributed by atoms with Crippen molar-refractivity contribution in [1.82, 2.24) is 0 Å². The van der Waals surface area contributed by atoms with Gasteiger partial charge in [0.25, 0.3) is 11.6 Å². The van der Waals surface area contributed by atoms with E-state index in [0.29, 0.717) is 11.3 Å². The summed E-state index contributed by atoms with van der Waals surface area (Å²) in [7, 11) is 0. The van der Waals surface area contributed by atoms with Gasteiger partial charge in [-0.15, -0.1) is 0 Å². The van der Waals surface area contributed by atoms with Crippen LogP contribution < -0.4 is 10.6 Å². The third kappa shape index (κ3) is 5.60. The average Bonchev–Trinajstić information content (AvgIpc) is 2.62. The van der Waals surface area contributed by atoms with Crippen molar-refractivity contribution in [3.63, 3.8) is 0 Å². The van der Waals surface area contributed by atoms with Crippen molar-refractivity contribution in [3.05, 3.63) is 75.9 Å². The first-order valence-electron chi connectivity index (χ1n) is 7.92. The Morgan fingerprint density at radius 2 is 1.63 bits per heavy atom. The van der Waals surface area contributed by atoms with Crippen LogP contribution in [0.3, 0.4) is 0 Å². The smallest absolute Gasteiger partial charge is 0.271 e. The average molecular weight is 367 g/mol. The molecule has 0 aliphatic heterocycles. The molecule has 2 amide bonds. The molecule has 8 heteroatoms. The van der Waals surface area contributed by atoms with Crippen molar-refractivity contribution in [3.8, 4) is 0 Å². The van der Waals surface area contributed by atoms with Crippen LogP contribution in [0, 0.1) is 10.1 Å². The molecule has 27 heavy (non-hydrogen) atoms. The minimum atomic E-state index is -0.566. The van der Waals surface area contributed by atoms with Crippen LogP contribution in [0.5, 0.6) is 0 Å². The highest BCUT2D eigenvalue weighted by Crippen LogP contribution is 2.17. The number of benzene rings is 2. The molecule has 0 aliphatic rings. The minimum Gasteiger partial charge on any atom is -0.323 e. The van der Waals surface area contributed by atoms with E-state index in [-0.39, 0.29) is 22.7 Å². The Balaban J connectivity index is 2.01. The summed E-state index contributed by atoms with van der Waals surface area (Å²) in [5.41, 5.74) is 1.23. The summed E-state index contributed by atoms with van der Waals surface area (Å²) in [6.45, 7) is 2.89. The molecular formula is C19H17N3O5. The van der Waals surface area contributed by atoms with Gasteiger partial charge in [-0.3, -0.25) is 24.5 Å². The van der Waals surface area contributed by atoms with Crippen molar-refractivity contribution >= 4 is 34.7 Å². The lowest BCUT2D eigenvalue weighted by Gasteiger charge is -2.06. The van der Waals surface area contributed by atoms with E-state index in [9.17, 15) is 24.5 Å². The first kappa shape index (κ1) is 19.5. The Kier molecular flexibility index (Phi) is 6.16. The number of rotatable bonds is 6. The summed E-state index contributed by atoms with van der Waals surface area (Å²) in [4.78, 5) is 45.6. The number of nitro benzene ring substituents is 1. The number of carbonyl (C=O) groups excluding carboxylic acids is 3. The Morgan fingerprint density at radius 1 is 0.963 bits per heavy atom. The van der Waals surface area contributed by atoms with Crippen molar-refractivity contribution in [2.75, 3.05) is 10.6 Å². The highest BCUT2D eigenvalue weighted by molar-refractivity contribution is 6.10. The monoisotopic (exact) mass is 367 g/mol. The van der Waals surface area contributed by atoms with Gasteiger partial charge in [-0.1, -0.05) is 6.07 Å². The maximum absolute atomic E-state index is 12.1. The van der Waals surface area contributed by atoms with Crippen LogP contribution in [0.1, 0.15) is 24.2 Å². The first-order valence-corrected chi connectivity index (χ1v) is 7.92. The van der Waals surface area contributed by atoms with E-state index in [1.54, 1.807) is 24.3 Å². The molecule has 2 rings (SSSR count). The number of nitrogens with zero attached hydrogens (tertiary/aromatic N) is 1. The van der Waals surface area contributed by atoms with Crippen LogP contribution in [-0.4, -0.2) is 22.5 Å². The molecule has 8 nitrogen and oxygen atoms in total. The Morgan fingerprint density at radius 3 is 2.22 bits per heavy atom. The largest absolute Gasteiger partial charge is 0.323 e. The lowest BCUT2D eigenvalue weighted by atomic mass is 10.1. The van der Waals surface area contributed by atoms with Gasteiger partial charge in [0.05, 0.1) is 4.92 Å². The lowest BCUT2D eigenvalue weighted by Crippen LogP contribution is -2.16. The van der Waals surface area contributed by atoms with Crippen molar-refractivity contribution < 1.29 is 19.3 Å². The number of nitrogens with one attached hydrogen (secondary N) is 2. The van der Waals surface area contributed by atoms with Gasteiger partial charge in [0.15, 0.2) is 5.78 Å². The van der Waals surface area contributed by atoms with Crippen LogP contribution in [0.2, 0.25) is 0 Å². The number of hydrogen-bond donors (Lipinski definition) is 2. The quantitative estimate of drug-likeness (QED) is 0.351. The van der Waals surface area contributed by atoms with Crippen molar-refractivity contribution in [1.29, 1.82) is 0 Å². The molecule has 0 radical (unpaired) electrons. The van der Waals surface area contributed by atoms with Gasteiger partial charge in [0, 0.05) is 40.7 Å². The fourth-order valence-corrected chi connectivity index (χ4v) is 2.16. The number of ketones is 1. The van der Waals surface area contributed by atoms with Crippen LogP contribution in [0.25, 0.3) is 0 Å². The minimum absolute atomic E-state index is 0.0820. The highest BCUT2D eigenvalue weighted by atomic mass is 16.6. The van der Waals surface area contributed by atoms with Crippen molar-refractivity contribution in [2.45, 2.75) is 13.8 Å². The van der Waals surface area contributed by atoms with E-state index in [1.165, 1.54) is 38.1 Å². The second kappa shape index (κ2) is 8.52. The Bertz CT molecular complexity index is 933. The number of hydrogen-bond acceptors (Lipinski definition) is 5. The number of carbonyl (C=O) groups is 3. The standard InChI is InChI=1S/C19H17N3O5/c1-12(19(25)21-16-4-3-5-17(11-16)22(26)27)10-18(24)20-15-8-6-14(7-9-15)13(2)23/h3-11H,1-2H3,(H,20,24)(H,21,25)/b12-10-. The lowest BCUT2D eigenvalue weighted by molar-refractivity contribution is -0.384. The van der Waals surface area contributed by atoms with Gasteiger partial charge in [-0.2, -0.15) is 0 Å². The molecule has 138 valence electrons. The second-order valence-corrected chi connectivity index (χ2v) is 5.71. The van der Waals surface area contributed by atoms with Crippen molar-refractivity contribution in [2.24, 2.45) is 0 Å². The molecule has 0 aliphatic carbocycles. The molecule has 0 aromatic heterocycles. The van der Waals surface area contributed by atoms with Gasteiger partial charge < -0.3 is 10.6 Å². The molecule has 2 aromatic rings. The molecule has 0 fully saturated rings. The topological polar surface area (TPSA) is 118 Å². The van der Waals surface area contributed by atoms with Gasteiger partial charge in [-0.25, -0.2) is 0 Å². The van der Waals surface area contributed by atoms with Gasteiger partial charge in [0.1, 0.15) is 0 Å². The predicted octanol–water partition coefficient (Wildman–Crippen LogP) is 3.32. The number of non-ortho nitro benzene ring substituents is 1. The van der Waals surface area contributed by atoms with E-state index in [1.807, 2.05) is 0 Å². The summed E-state index contributed by atoms with van der Waals surface area (Å²) < 4.78 is 0. The molecule has 0 bridgehead atoms. The third-order valence-electron chi connectivity index (χ3n) is 3.58. The van der Waals surface area contributed by atoms with Crippen LogP contribution >= 0.6 is 0 Å². The SMILES string of the molecule is CC(=O)c1ccc(NC(=O)/C=C(/C)C(=O)Nc2cccc([N+](=O)[O-])c2)cc1. The molecule has 2 N–H and O–H groups in total. The number of Topliss-reactive ketones (excluding diaryl/α,β-unsaturated/α-hetero) is 1. The highest BCUT2D eigenvalue weighted by Gasteiger charge is 2.11. The normalized spacial score (nSPS) is 10.8. The van der Waals surface area contributed by atoms with E-state index in [0.717, 1.165) is 6.08 Å².